The van der Waals surface area contributed by atoms with Gasteiger partial charge in [0.2, 0.25) is 0 Å². The zero-order valence-corrected chi connectivity index (χ0v) is 13.2. The Morgan fingerprint density at radius 1 is 1.14 bits per heavy atom. The van der Waals surface area contributed by atoms with E-state index in [4.69, 9.17) is 4.74 Å². The zero-order chi connectivity index (χ0) is 14.7. The lowest BCUT2D eigenvalue weighted by Crippen LogP contribution is -2.53. The average molecular weight is 289 g/mol. The van der Waals surface area contributed by atoms with Crippen LogP contribution in [0.3, 0.4) is 0 Å². The Bertz CT molecular complexity index is 457. The summed E-state index contributed by atoms with van der Waals surface area (Å²) in [7, 11) is 4.00. The number of para-hydroxylation sites is 1. The molecule has 0 amide bonds. The molecule has 3 rings (SSSR count). The summed E-state index contributed by atoms with van der Waals surface area (Å²) in [5.41, 5.74) is 1.33. The van der Waals surface area contributed by atoms with Gasteiger partial charge in [0.05, 0.1) is 13.2 Å². The van der Waals surface area contributed by atoms with E-state index in [1.807, 2.05) is 0 Å². The van der Waals surface area contributed by atoms with Crippen LogP contribution in [0.2, 0.25) is 0 Å². The predicted octanol–water partition coefficient (Wildman–Crippen LogP) is 1.74. The van der Waals surface area contributed by atoms with Crippen molar-refractivity contribution in [2.24, 2.45) is 0 Å². The summed E-state index contributed by atoms with van der Waals surface area (Å²) in [6.07, 6.45) is 2.56. The predicted molar refractivity (Wildman–Crippen MR) is 85.8 cm³/mol. The number of nitrogens with one attached hydrogen (secondary N) is 1. The van der Waals surface area contributed by atoms with Crippen molar-refractivity contribution in [1.29, 1.82) is 0 Å². The highest BCUT2D eigenvalue weighted by Crippen LogP contribution is 2.33. The third-order valence-corrected chi connectivity index (χ3v) is 4.94. The van der Waals surface area contributed by atoms with Crippen molar-refractivity contribution in [3.63, 3.8) is 0 Å². The van der Waals surface area contributed by atoms with Crippen LogP contribution in [0.1, 0.15) is 24.4 Å². The molecule has 0 spiro atoms. The van der Waals surface area contributed by atoms with E-state index in [0.717, 1.165) is 25.4 Å². The van der Waals surface area contributed by atoms with Crippen LogP contribution in [-0.2, 0) is 0 Å². The van der Waals surface area contributed by atoms with Crippen LogP contribution >= 0.6 is 0 Å². The van der Waals surface area contributed by atoms with E-state index >= 15 is 0 Å². The molecular weight excluding hydrogens is 262 g/mol. The van der Waals surface area contributed by atoms with Crippen LogP contribution in [0.25, 0.3) is 0 Å². The van der Waals surface area contributed by atoms with Gasteiger partial charge in [-0.2, -0.15) is 0 Å². The van der Waals surface area contributed by atoms with Crippen molar-refractivity contribution in [3.8, 4) is 5.75 Å². The molecule has 2 fully saturated rings. The van der Waals surface area contributed by atoms with Crippen molar-refractivity contribution in [3.05, 3.63) is 29.8 Å². The van der Waals surface area contributed by atoms with Gasteiger partial charge in [0, 0.05) is 31.2 Å². The van der Waals surface area contributed by atoms with Gasteiger partial charge in [-0.15, -0.1) is 0 Å². The summed E-state index contributed by atoms with van der Waals surface area (Å²) >= 11 is 0. The van der Waals surface area contributed by atoms with Crippen LogP contribution < -0.4 is 10.1 Å². The third-order valence-electron chi connectivity index (χ3n) is 4.94. The largest absolute Gasteiger partial charge is 0.496 e. The number of likely N-dealkylation sites (tertiary alicyclic amines) is 1. The SMILES string of the molecule is COc1ccccc1C1CNCCN1C1CCN(C)CC1. The van der Waals surface area contributed by atoms with E-state index in [9.17, 15) is 0 Å². The second-order valence-corrected chi connectivity index (χ2v) is 6.23. The minimum atomic E-state index is 0.434. The number of methoxy groups -OCH3 is 1. The van der Waals surface area contributed by atoms with Gasteiger partial charge in [0.15, 0.2) is 0 Å². The lowest BCUT2D eigenvalue weighted by atomic mass is 9.96. The molecule has 0 aromatic heterocycles. The molecule has 21 heavy (non-hydrogen) atoms. The summed E-state index contributed by atoms with van der Waals surface area (Å²) in [5.74, 6) is 1.02. The van der Waals surface area contributed by atoms with Crippen LogP contribution in [0.15, 0.2) is 24.3 Å². The molecule has 1 unspecified atom stereocenters. The maximum Gasteiger partial charge on any atom is 0.123 e. The standard InChI is InChI=1S/C17H27N3O/c1-19-10-7-14(8-11-19)20-12-9-18-13-16(20)15-5-3-4-6-17(15)21-2/h3-6,14,16,18H,7-13H2,1-2H3. The van der Waals surface area contributed by atoms with E-state index in [-0.39, 0.29) is 0 Å². The second kappa shape index (κ2) is 6.77. The quantitative estimate of drug-likeness (QED) is 0.917. The van der Waals surface area contributed by atoms with Crippen molar-refractivity contribution in [1.82, 2.24) is 15.1 Å². The highest BCUT2D eigenvalue weighted by Gasteiger charge is 2.32. The van der Waals surface area contributed by atoms with Crippen LogP contribution in [0.4, 0.5) is 0 Å². The monoisotopic (exact) mass is 289 g/mol. The first-order valence-corrected chi connectivity index (χ1v) is 8.07. The van der Waals surface area contributed by atoms with Crippen LogP contribution in [-0.4, -0.2) is 62.7 Å². The molecule has 2 aliphatic rings. The van der Waals surface area contributed by atoms with E-state index in [2.05, 4.69) is 46.4 Å². The highest BCUT2D eigenvalue weighted by atomic mass is 16.5. The Labute approximate surface area is 128 Å². The lowest BCUT2D eigenvalue weighted by Gasteiger charge is -2.44. The van der Waals surface area contributed by atoms with Gasteiger partial charge in [-0.05, 0) is 39.0 Å². The number of ether oxygens (including phenoxy) is 1. The van der Waals surface area contributed by atoms with E-state index in [1.165, 1.54) is 31.5 Å². The summed E-state index contributed by atoms with van der Waals surface area (Å²) in [5, 5.41) is 3.55. The van der Waals surface area contributed by atoms with E-state index in [0.29, 0.717) is 12.1 Å². The summed E-state index contributed by atoms with van der Waals surface area (Å²) in [6.45, 7) is 5.68. The van der Waals surface area contributed by atoms with Crippen molar-refractivity contribution in [2.75, 3.05) is 46.9 Å². The molecule has 0 saturated carbocycles. The van der Waals surface area contributed by atoms with Gasteiger partial charge < -0.3 is 15.0 Å². The number of rotatable bonds is 3. The normalized spacial score (nSPS) is 25.9. The van der Waals surface area contributed by atoms with Crippen molar-refractivity contribution in [2.45, 2.75) is 24.9 Å². The zero-order valence-electron chi connectivity index (χ0n) is 13.2. The minimum Gasteiger partial charge on any atom is -0.496 e. The third kappa shape index (κ3) is 3.23. The number of hydrogen-bond acceptors (Lipinski definition) is 4. The Kier molecular flexibility index (Phi) is 4.78. The van der Waals surface area contributed by atoms with E-state index < -0.39 is 0 Å². The molecule has 1 aromatic carbocycles. The van der Waals surface area contributed by atoms with Gasteiger partial charge in [-0.1, -0.05) is 18.2 Å². The summed E-state index contributed by atoms with van der Waals surface area (Å²) < 4.78 is 5.59. The smallest absolute Gasteiger partial charge is 0.123 e. The maximum atomic E-state index is 5.59. The molecule has 2 aliphatic heterocycles. The van der Waals surface area contributed by atoms with Crippen LogP contribution in [0.5, 0.6) is 5.75 Å². The fourth-order valence-electron chi connectivity index (χ4n) is 3.71. The average Bonchev–Trinajstić information content (AvgIpc) is 2.55. The molecule has 116 valence electrons. The fourth-order valence-corrected chi connectivity index (χ4v) is 3.71. The first kappa shape index (κ1) is 14.8. The molecule has 1 aromatic rings. The number of benzene rings is 1. The first-order chi connectivity index (χ1) is 10.3. The number of hydrogen-bond donors (Lipinski definition) is 1. The maximum absolute atomic E-state index is 5.59. The Balaban J connectivity index is 1.81. The van der Waals surface area contributed by atoms with Gasteiger partial charge >= 0.3 is 0 Å². The summed E-state index contributed by atoms with van der Waals surface area (Å²) in [4.78, 5) is 5.15. The topological polar surface area (TPSA) is 27.7 Å². The van der Waals surface area contributed by atoms with Crippen molar-refractivity contribution >= 4 is 0 Å². The highest BCUT2D eigenvalue weighted by molar-refractivity contribution is 5.36. The molecule has 0 aliphatic carbocycles. The molecule has 0 bridgehead atoms. The molecular formula is C17H27N3O. The van der Waals surface area contributed by atoms with Gasteiger partial charge in [0.25, 0.3) is 0 Å². The van der Waals surface area contributed by atoms with Gasteiger partial charge in [-0.3, -0.25) is 4.90 Å². The lowest BCUT2D eigenvalue weighted by molar-refractivity contribution is 0.0627. The molecule has 2 saturated heterocycles. The first-order valence-electron chi connectivity index (χ1n) is 8.07. The molecule has 0 radical (unpaired) electrons. The number of nitrogens with zero attached hydrogens (tertiary/aromatic N) is 2. The Morgan fingerprint density at radius 3 is 2.67 bits per heavy atom. The molecule has 4 nitrogen and oxygen atoms in total. The Hall–Kier alpha value is -1.10. The molecule has 4 heteroatoms. The Morgan fingerprint density at radius 2 is 1.90 bits per heavy atom. The van der Waals surface area contributed by atoms with Gasteiger partial charge in [0.1, 0.15) is 5.75 Å². The summed E-state index contributed by atoms with van der Waals surface area (Å²) in [6, 6.07) is 9.62. The van der Waals surface area contributed by atoms with Gasteiger partial charge in [-0.25, -0.2) is 0 Å². The number of piperidine rings is 1. The fraction of sp³-hybridized carbons (Fsp3) is 0.647. The minimum absolute atomic E-state index is 0.434. The number of piperazine rings is 1. The second-order valence-electron chi connectivity index (χ2n) is 6.23. The molecule has 1 N–H and O–H groups in total. The molecule has 1 atom stereocenters. The van der Waals surface area contributed by atoms with E-state index in [1.54, 1.807) is 7.11 Å². The molecule has 2 heterocycles. The van der Waals surface area contributed by atoms with Crippen LogP contribution in [0, 0.1) is 0 Å². The van der Waals surface area contributed by atoms with Crippen molar-refractivity contribution < 1.29 is 4.74 Å².